The van der Waals surface area contributed by atoms with Crippen molar-refractivity contribution in [3.05, 3.63) is 57.6 Å². The summed E-state index contributed by atoms with van der Waals surface area (Å²) in [4.78, 5) is 11.7. The van der Waals surface area contributed by atoms with Gasteiger partial charge in [0.25, 0.3) is 5.69 Å². The molecule has 0 radical (unpaired) electrons. The maximum absolute atomic E-state index is 10.7. The summed E-state index contributed by atoms with van der Waals surface area (Å²) in [6.07, 6.45) is -0.823. The minimum atomic E-state index is -0.823. The molecule has 8 nitrogen and oxygen atoms in total. The van der Waals surface area contributed by atoms with Crippen LogP contribution in [0.3, 0.4) is 0 Å². The van der Waals surface area contributed by atoms with Gasteiger partial charge in [-0.15, -0.1) is 5.11 Å². The number of aliphatic hydroxyl groups excluding tert-OH is 1. The Hall–Kier alpha value is -3.02. The number of nitro benzene ring substituents is 1. The van der Waals surface area contributed by atoms with E-state index in [0.717, 1.165) is 0 Å². The Labute approximate surface area is 155 Å². The molecule has 2 unspecified atom stereocenters. The van der Waals surface area contributed by atoms with Gasteiger partial charge in [0.2, 0.25) is 0 Å². The van der Waals surface area contributed by atoms with E-state index in [1.807, 2.05) is 0 Å². The van der Waals surface area contributed by atoms with Crippen LogP contribution in [0.1, 0.15) is 13.8 Å². The molecule has 2 atom stereocenters. The van der Waals surface area contributed by atoms with Gasteiger partial charge in [-0.2, -0.15) is 10.4 Å². The lowest BCUT2D eigenvalue weighted by Gasteiger charge is -2.29. The quantitative estimate of drug-likeness (QED) is 0.340. The summed E-state index contributed by atoms with van der Waals surface area (Å²) < 4.78 is 0. The van der Waals surface area contributed by atoms with E-state index in [1.54, 1.807) is 43.0 Å². The lowest BCUT2D eigenvalue weighted by atomic mass is 10.2. The van der Waals surface area contributed by atoms with Crippen LogP contribution in [0, 0.1) is 21.4 Å². The molecule has 134 valence electrons. The van der Waals surface area contributed by atoms with Crippen LogP contribution in [0.25, 0.3) is 0 Å². The maximum atomic E-state index is 10.7. The minimum Gasteiger partial charge on any atom is -0.374 e. The predicted molar refractivity (Wildman–Crippen MR) is 98.0 cm³/mol. The lowest BCUT2D eigenvalue weighted by Crippen LogP contribution is -2.39. The van der Waals surface area contributed by atoms with Gasteiger partial charge in [0.05, 0.1) is 21.7 Å². The standard InChI is InChI=1S/C17H16ClN5O3/c1-11(10-19)22(12(2)24)14-5-3-13(4-6-14)20-21-17-8-7-15(23(25)26)9-16(17)18/h3-9,11-12,24H,1-2H3. The molecule has 1 N–H and O–H groups in total. The van der Waals surface area contributed by atoms with Crippen molar-refractivity contribution in [2.75, 3.05) is 4.90 Å². The molecular weight excluding hydrogens is 358 g/mol. The van der Waals surface area contributed by atoms with Crippen LogP contribution in [0.15, 0.2) is 52.7 Å². The predicted octanol–water partition coefficient (Wildman–Crippen LogP) is 4.72. The first-order chi connectivity index (χ1) is 12.3. The normalized spacial score (nSPS) is 13.2. The Morgan fingerprint density at radius 2 is 1.88 bits per heavy atom. The van der Waals surface area contributed by atoms with Crippen LogP contribution in [0.2, 0.25) is 5.02 Å². The number of aliphatic hydroxyl groups is 1. The molecule has 0 bridgehead atoms. The summed E-state index contributed by atoms with van der Waals surface area (Å²) in [5.74, 6) is 0. The maximum Gasteiger partial charge on any atom is 0.271 e. The number of hydrogen-bond donors (Lipinski definition) is 1. The summed E-state index contributed by atoms with van der Waals surface area (Å²) in [7, 11) is 0. The number of azo groups is 1. The third-order valence-corrected chi connectivity index (χ3v) is 3.87. The first kappa shape index (κ1) is 19.3. The SMILES string of the molecule is CC(O)N(c1ccc(N=Nc2ccc([N+](=O)[O-])cc2Cl)cc1)C(C)C#N. The number of anilines is 1. The van der Waals surface area contributed by atoms with Gasteiger partial charge in [-0.05, 0) is 44.2 Å². The van der Waals surface area contributed by atoms with Gasteiger partial charge in [-0.3, -0.25) is 10.1 Å². The largest absolute Gasteiger partial charge is 0.374 e. The van der Waals surface area contributed by atoms with E-state index in [0.29, 0.717) is 17.1 Å². The molecule has 2 aromatic carbocycles. The number of hydrogen-bond acceptors (Lipinski definition) is 7. The second kappa shape index (κ2) is 8.38. The van der Waals surface area contributed by atoms with Crippen LogP contribution in [-0.4, -0.2) is 22.3 Å². The monoisotopic (exact) mass is 373 g/mol. The van der Waals surface area contributed by atoms with Gasteiger partial charge in [-0.25, -0.2) is 0 Å². The van der Waals surface area contributed by atoms with E-state index in [9.17, 15) is 15.2 Å². The fourth-order valence-corrected chi connectivity index (χ4v) is 2.53. The highest BCUT2D eigenvalue weighted by Gasteiger charge is 2.18. The molecule has 0 aliphatic carbocycles. The number of non-ortho nitro benzene ring substituents is 1. The van der Waals surface area contributed by atoms with Gasteiger partial charge in [-0.1, -0.05) is 11.6 Å². The molecule has 0 aliphatic heterocycles. The van der Waals surface area contributed by atoms with E-state index in [1.165, 1.54) is 18.2 Å². The van der Waals surface area contributed by atoms with Crippen molar-refractivity contribution in [1.29, 1.82) is 5.26 Å². The van der Waals surface area contributed by atoms with Crippen LogP contribution in [0.4, 0.5) is 22.7 Å². The molecule has 0 aromatic heterocycles. The zero-order valence-electron chi connectivity index (χ0n) is 14.1. The van der Waals surface area contributed by atoms with Crippen molar-refractivity contribution >= 4 is 34.4 Å². The number of rotatable bonds is 6. The molecule has 2 aromatic rings. The Bertz CT molecular complexity index is 862. The van der Waals surface area contributed by atoms with Gasteiger partial charge in [0, 0.05) is 17.8 Å². The summed E-state index contributed by atoms with van der Waals surface area (Å²) in [5.41, 5.74) is 1.38. The molecule has 0 heterocycles. The first-order valence-electron chi connectivity index (χ1n) is 7.65. The van der Waals surface area contributed by atoms with E-state index in [2.05, 4.69) is 16.3 Å². The summed E-state index contributed by atoms with van der Waals surface area (Å²) >= 11 is 5.97. The third kappa shape index (κ3) is 4.53. The topological polar surface area (TPSA) is 115 Å². The summed E-state index contributed by atoms with van der Waals surface area (Å²) in [6, 6.07) is 12.3. The van der Waals surface area contributed by atoms with E-state index < -0.39 is 17.2 Å². The molecular formula is C17H16ClN5O3. The highest BCUT2D eigenvalue weighted by atomic mass is 35.5. The second-order valence-corrected chi connectivity index (χ2v) is 5.86. The fourth-order valence-electron chi connectivity index (χ4n) is 2.32. The summed E-state index contributed by atoms with van der Waals surface area (Å²) in [5, 5.41) is 37.8. The molecule has 0 fully saturated rings. The number of benzene rings is 2. The van der Waals surface area contributed by atoms with Crippen molar-refractivity contribution in [2.24, 2.45) is 10.2 Å². The molecule has 0 amide bonds. The lowest BCUT2D eigenvalue weighted by molar-refractivity contribution is -0.384. The van der Waals surface area contributed by atoms with E-state index >= 15 is 0 Å². The minimum absolute atomic E-state index is 0.122. The molecule has 0 aliphatic rings. The van der Waals surface area contributed by atoms with Crippen LogP contribution >= 0.6 is 11.6 Å². The summed E-state index contributed by atoms with van der Waals surface area (Å²) in [6.45, 7) is 3.27. The Morgan fingerprint density at radius 1 is 1.23 bits per heavy atom. The van der Waals surface area contributed by atoms with Gasteiger partial charge in [0.1, 0.15) is 18.0 Å². The molecule has 0 spiro atoms. The van der Waals surface area contributed by atoms with Crippen LogP contribution in [0.5, 0.6) is 0 Å². The van der Waals surface area contributed by atoms with Crippen molar-refractivity contribution in [1.82, 2.24) is 0 Å². The van der Waals surface area contributed by atoms with Gasteiger partial charge in [0.15, 0.2) is 0 Å². The number of nitro groups is 1. The van der Waals surface area contributed by atoms with E-state index in [4.69, 9.17) is 16.9 Å². The highest BCUT2D eigenvalue weighted by molar-refractivity contribution is 6.33. The Balaban J connectivity index is 2.20. The average molecular weight is 374 g/mol. The average Bonchev–Trinajstić information content (AvgIpc) is 2.61. The fraction of sp³-hybridized carbons (Fsp3) is 0.235. The molecule has 0 saturated heterocycles. The number of halogens is 1. The van der Waals surface area contributed by atoms with Gasteiger partial charge < -0.3 is 10.0 Å². The molecule has 2 rings (SSSR count). The zero-order valence-corrected chi connectivity index (χ0v) is 14.8. The Morgan fingerprint density at radius 3 is 2.38 bits per heavy atom. The second-order valence-electron chi connectivity index (χ2n) is 5.45. The first-order valence-corrected chi connectivity index (χ1v) is 8.03. The number of nitriles is 1. The highest BCUT2D eigenvalue weighted by Crippen LogP contribution is 2.31. The smallest absolute Gasteiger partial charge is 0.271 e. The number of nitrogens with zero attached hydrogens (tertiary/aromatic N) is 5. The van der Waals surface area contributed by atoms with Crippen molar-refractivity contribution in [2.45, 2.75) is 26.1 Å². The van der Waals surface area contributed by atoms with Crippen LogP contribution in [-0.2, 0) is 0 Å². The molecule has 0 saturated carbocycles. The zero-order chi connectivity index (χ0) is 19.3. The van der Waals surface area contributed by atoms with Crippen LogP contribution < -0.4 is 4.90 Å². The van der Waals surface area contributed by atoms with E-state index in [-0.39, 0.29) is 10.7 Å². The third-order valence-electron chi connectivity index (χ3n) is 3.57. The van der Waals surface area contributed by atoms with Crippen molar-refractivity contribution < 1.29 is 10.0 Å². The molecule has 26 heavy (non-hydrogen) atoms. The Kier molecular flexibility index (Phi) is 6.22. The van der Waals surface area contributed by atoms with Crippen molar-refractivity contribution in [3.8, 4) is 6.07 Å². The van der Waals surface area contributed by atoms with Crippen molar-refractivity contribution in [3.63, 3.8) is 0 Å². The molecule has 9 heteroatoms. The van der Waals surface area contributed by atoms with Gasteiger partial charge >= 0.3 is 0 Å².